The van der Waals surface area contributed by atoms with Crippen molar-refractivity contribution in [2.24, 2.45) is 0 Å². The largest absolute Gasteiger partial charge is 0.462 e. The van der Waals surface area contributed by atoms with Gasteiger partial charge in [0.1, 0.15) is 13.2 Å². The molecule has 0 aliphatic carbocycles. The molecule has 0 spiro atoms. The SMILES string of the molecule is CCCCC/C=C\C/C=C\C/C=C\C/C=C\CCCC(=O)O[C@H](COC(=O)CCCCCC/C=C\C/C=C\C/C=C\CCCCC)COC(=O)CCCCCCCCCCCCCC. The number of carbonyl (C=O) groups excluding carboxylic acids is 3. The second-order valence-electron chi connectivity index (χ2n) is 17.4. The molecule has 366 valence electrons. The summed E-state index contributed by atoms with van der Waals surface area (Å²) < 4.78 is 16.7. The molecule has 6 nitrogen and oxygen atoms in total. The standard InChI is InChI=1S/C58H98O6/c1-4-7-10-13-16-19-22-25-27-29-31-33-36-39-42-45-48-51-57(60)63-54-55(53-62-56(59)50-47-44-41-38-35-24-21-18-15-12-9-6-3)64-58(61)52-49-46-43-40-37-34-32-30-28-26-23-20-17-14-11-8-5-2/h16-17,19-20,25-28,31-34,40,43,55H,4-15,18,21-24,29-30,35-39,41-42,44-54H2,1-3H3/b19-16-,20-17-,27-25-,28-26-,33-31-,34-32-,43-40-/t55-/m0/s1. The molecule has 0 aromatic rings. The Labute approximate surface area is 395 Å². The van der Waals surface area contributed by atoms with E-state index in [1.807, 2.05) is 0 Å². The fourth-order valence-electron chi connectivity index (χ4n) is 7.09. The number of rotatable bonds is 47. The highest BCUT2D eigenvalue weighted by atomic mass is 16.6. The van der Waals surface area contributed by atoms with Crippen molar-refractivity contribution in [3.05, 3.63) is 85.1 Å². The van der Waals surface area contributed by atoms with Gasteiger partial charge >= 0.3 is 17.9 Å². The van der Waals surface area contributed by atoms with Crippen LogP contribution in [-0.4, -0.2) is 37.2 Å². The van der Waals surface area contributed by atoms with Crippen molar-refractivity contribution in [2.45, 2.75) is 252 Å². The van der Waals surface area contributed by atoms with Gasteiger partial charge in [-0.2, -0.15) is 0 Å². The summed E-state index contributed by atoms with van der Waals surface area (Å²) in [5.41, 5.74) is 0. The quantitative estimate of drug-likeness (QED) is 0.0262. The number of esters is 3. The summed E-state index contributed by atoms with van der Waals surface area (Å²) in [4.78, 5) is 38.0. The second-order valence-corrected chi connectivity index (χ2v) is 17.4. The van der Waals surface area contributed by atoms with Gasteiger partial charge in [0.25, 0.3) is 0 Å². The average molecular weight is 891 g/mol. The van der Waals surface area contributed by atoms with E-state index in [0.717, 1.165) is 89.9 Å². The smallest absolute Gasteiger partial charge is 0.306 e. The van der Waals surface area contributed by atoms with Crippen LogP contribution < -0.4 is 0 Å². The zero-order valence-electron chi connectivity index (χ0n) is 41.8. The molecular weight excluding hydrogens is 793 g/mol. The third-order valence-electron chi connectivity index (χ3n) is 11.1. The van der Waals surface area contributed by atoms with E-state index in [0.29, 0.717) is 19.3 Å². The van der Waals surface area contributed by atoms with Gasteiger partial charge in [-0.05, 0) is 96.3 Å². The first kappa shape index (κ1) is 60.6. The first-order valence-electron chi connectivity index (χ1n) is 26.6. The molecule has 6 heteroatoms. The summed E-state index contributed by atoms with van der Waals surface area (Å²) in [6, 6.07) is 0. The van der Waals surface area contributed by atoms with E-state index in [1.165, 1.54) is 109 Å². The molecule has 0 bridgehead atoms. The summed E-state index contributed by atoms with van der Waals surface area (Å²) in [5, 5.41) is 0. The predicted octanol–water partition coefficient (Wildman–Crippen LogP) is 17.6. The maximum atomic E-state index is 12.8. The van der Waals surface area contributed by atoms with Crippen LogP contribution in [0.3, 0.4) is 0 Å². The summed E-state index contributed by atoms with van der Waals surface area (Å²) >= 11 is 0. The summed E-state index contributed by atoms with van der Waals surface area (Å²) in [5.74, 6) is -0.983. The van der Waals surface area contributed by atoms with Crippen LogP contribution in [0, 0.1) is 0 Å². The van der Waals surface area contributed by atoms with Crippen LogP contribution in [0.15, 0.2) is 85.1 Å². The van der Waals surface area contributed by atoms with Gasteiger partial charge in [-0.1, -0.05) is 215 Å². The highest BCUT2D eigenvalue weighted by Crippen LogP contribution is 2.14. The number of hydrogen-bond acceptors (Lipinski definition) is 6. The zero-order valence-corrected chi connectivity index (χ0v) is 41.8. The van der Waals surface area contributed by atoms with Gasteiger partial charge in [0, 0.05) is 19.3 Å². The monoisotopic (exact) mass is 891 g/mol. The third-order valence-corrected chi connectivity index (χ3v) is 11.1. The topological polar surface area (TPSA) is 78.9 Å². The maximum absolute atomic E-state index is 12.8. The number of allylic oxidation sites excluding steroid dienone is 14. The van der Waals surface area contributed by atoms with Crippen molar-refractivity contribution in [1.29, 1.82) is 0 Å². The van der Waals surface area contributed by atoms with Crippen LogP contribution in [0.25, 0.3) is 0 Å². The Hall–Kier alpha value is -3.41. The van der Waals surface area contributed by atoms with Gasteiger partial charge < -0.3 is 14.2 Å². The molecule has 0 N–H and O–H groups in total. The number of unbranched alkanes of at least 4 members (excludes halogenated alkanes) is 22. The predicted molar refractivity (Wildman–Crippen MR) is 274 cm³/mol. The van der Waals surface area contributed by atoms with Crippen LogP contribution in [0.1, 0.15) is 245 Å². The van der Waals surface area contributed by atoms with Crippen molar-refractivity contribution in [2.75, 3.05) is 13.2 Å². The molecule has 0 rings (SSSR count). The average Bonchev–Trinajstić information content (AvgIpc) is 3.29. The minimum atomic E-state index is -0.812. The molecule has 0 saturated heterocycles. The van der Waals surface area contributed by atoms with Crippen molar-refractivity contribution in [3.63, 3.8) is 0 Å². The molecular formula is C58H98O6. The summed E-state index contributed by atoms with van der Waals surface area (Å²) in [6.07, 6.45) is 67.1. The molecule has 0 radical (unpaired) electrons. The molecule has 0 saturated carbocycles. The first-order valence-corrected chi connectivity index (χ1v) is 26.6. The Morgan fingerprint density at radius 3 is 0.953 bits per heavy atom. The highest BCUT2D eigenvalue weighted by Gasteiger charge is 2.19. The minimum Gasteiger partial charge on any atom is -0.462 e. The lowest BCUT2D eigenvalue weighted by Gasteiger charge is -2.18. The highest BCUT2D eigenvalue weighted by molar-refractivity contribution is 5.71. The first-order chi connectivity index (χ1) is 31.5. The van der Waals surface area contributed by atoms with Crippen LogP contribution >= 0.6 is 0 Å². The Balaban J connectivity index is 4.51. The molecule has 1 atom stereocenters. The molecule has 64 heavy (non-hydrogen) atoms. The van der Waals surface area contributed by atoms with Crippen LogP contribution in [0.2, 0.25) is 0 Å². The minimum absolute atomic E-state index is 0.104. The molecule has 0 aromatic carbocycles. The van der Waals surface area contributed by atoms with E-state index in [-0.39, 0.29) is 37.5 Å². The Morgan fingerprint density at radius 2 is 0.578 bits per heavy atom. The van der Waals surface area contributed by atoms with E-state index in [2.05, 4.69) is 106 Å². The lowest BCUT2D eigenvalue weighted by molar-refractivity contribution is -0.167. The molecule has 0 unspecified atom stereocenters. The fourth-order valence-corrected chi connectivity index (χ4v) is 7.09. The molecule has 0 aliphatic heterocycles. The molecule has 0 aromatic heterocycles. The molecule has 0 heterocycles. The number of hydrogen-bond donors (Lipinski definition) is 0. The van der Waals surface area contributed by atoms with Gasteiger partial charge in [0.2, 0.25) is 0 Å². The molecule has 0 fully saturated rings. The van der Waals surface area contributed by atoms with E-state index in [9.17, 15) is 14.4 Å². The van der Waals surface area contributed by atoms with Crippen molar-refractivity contribution >= 4 is 17.9 Å². The Morgan fingerprint density at radius 1 is 0.312 bits per heavy atom. The van der Waals surface area contributed by atoms with Crippen molar-refractivity contribution in [3.8, 4) is 0 Å². The third kappa shape index (κ3) is 49.6. The number of ether oxygens (including phenoxy) is 3. The Bertz CT molecular complexity index is 1250. The van der Waals surface area contributed by atoms with Crippen molar-refractivity contribution < 1.29 is 28.6 Å². The van der Waals surface area contributed by atoms with E-state index < -0.39 is 6.10 Å². The summed E-state index contributed by atoms with van der Waals surface area (Å²) in [6.45, 7) is 6.51. The van der Waals surface area contributed by atoms with Crippen LogP contribution in [-0.2, 0) is 28.6 Å². The fraction of sp³-hybridized carbons (Fsp3) is 0.707. The van der Waals surface area contributed by atoms with Gasteiger partial charge in [-0.25, -0.2) is 0 Å². The lowest BCUT2D eigenvalue weighted by atomic mass is 10.0. The van der Waals surface area contributed by atoms with E-state index in [4.69, 9.17) is 14.2 Å². The van der Waals surface area contributed by atoms with Crippen LogP contribution in [0.5, 0.6) is 0 Å². The van der Waals surface area contributed by atoms with Gasteiger partial charge in [-0.15, -0.1) is 0 Å². The maximum Gasteiger partial charge on any atom is 0.306 e. The van der Waals surface area contributed by atoms with Gasteiger partial charge in [-0.3, -0.25) is 14.4 Å². The second kappa shape index (κ2) is 52.2. The van der Waals surface area contributed by atoms with Crippen LogP contribution in [0.4, 0.5) is 0 Å². The Kier molecular flexibility index (Phi) is 49.4. The number of carbonyl (C=O) groups is 3. The molecule has 0 amide bonds. The summed E-state index contributed by atoms with van der Waals surface area (Å²) in [7, 11) is 0. The normalized spacial score (nSPS) is 12.7. The van der Waals surface area contributed by atoms with Gasteiger partial charge in [0.05, 0.1) is 0 Å². The van der Waals surface area contributed by atoms with Gasteiger partial charge in [0.15, 0.2) is 6.10 Å². The zero-order chi connectivity index (χ0) is 46.5. The van der Waals surface area contributed by atoms with E-state index in [1.54, 1.807) is 0 Å². The lowest BCUT2D eigenvalue weighted by Crippen LogP contribution is -2.30. The van der Waals surface area contributed by atoms with E-state index >= 15 is 0 Å². The van der Waals surface area contributed by atoms with Crippen molar-refractivity contribution in [1.82, 2.24) is 0 Å². The molecule has 0 aliphatic rings.